The molecular formula is C13H21NS. The van der Waals surface area contributed by atoms with Gasteiger partial charge in [0.15, 0.2) is 0 Å². The lowest BCUT2D eigenvalue weighted by atomic mass is 10.2. The molecule has 15 heavy (non-hydrogen) atoms. The first-order valence-electron chi connectivity index (χ1n) is 5.60. The van der Waals surface area contributed by atoms with Crippen LogP contribution in [0.5, 0.6) is 0 Å². The average Bonchev–Trinajstić information content (AvgIpc) is 2.66. The Bertz CT molecular complexity index is 390. The lowest BCUT2D eigenvalue weighted by Gasteiger charge is -1.90. The lowest BCUT2D eigenvalue weighted by molar-refractivity contribution is 1.32. The standard InChI is InChI=1S/C9H9NS.2C2H6/c1-6-4-3-5-8-9(6)10-7(2)11-8;2*1-2/h3-5H,1-2H3;2*1-2H3. The van der Waals surface area contributed by atoms with E-state index in [1.165, 1.54) is 10.3 Å². The summed E-state index contributed by atoms with van der Waals surface area (Å²) in [5.74, 6) is 0. The summed E-state index contributed by atoms with van der Waals surface area (Å²) < 4.78 is 1.29. The Hall–Kier alpha value is -0.890. The molecule has 0 aliphatic carbocycles. The molecule has 0 saturated heterocycles. The molecule has 0 unspecified atom stereocenters. The van der Waals surface area contributed by atoms with E-state index >= 15 is 0 Å². The van der Waals surface area contributed by atoms with Gasteiger partial charge in [-0.25, -0.2) is 4.98 Å². The predicted molar refractivity (Wildman–Crippen MR) is 71.8 cm³/mol. The van der Waals surface area contributed by atoms with Gasteiger partial charge in [0.05, 0.1) is 15.2 Å². The Morgan fingerprint density at radius 2 is 1.60 bits per heavy atom. The number of benzene rings is 1. The quantitative estimate of drug-likeness (QED) is 0.614. The second-order valence-electron chi connectivity index (χ2n) is 2.65. The van der Waals surface area contributed by atoms with Crippen LogP contribution in [0.3, 0.4) is 0 Å². The van der Waals surface area contributed by atoms with Gasteiger partial charge in [0, 0.05) is 0 Å². The van der Waals surface area contributed by atoms with Crippen molar-refractivity contribution < 1.29 is 0 Å². The van der Waals surface area contributed by atoms with E-state index in [0.717, 1.165) is 10.5 Å². The van der Waals surface area contributed by atoms with Crippen molar-refractivity contribution in [3.63, 3.8) is 0 Å². The number of aryl methyl sites for hydroxylation is 2. The number of thiazole rings is 1. The molecule has 84 valence electrons. The molecular weight excluding hydrogens is 202 g/mol. The van der Waals surface area contributed by atoms with Crippen molar-refractivity contribution in [1.82, 2.24) is 4.98 Å². The van der Waals surface area contributed by atoms with E-state index in [1.54, 1.807) is 11.3 Å². The van der Waals surface area contributed by atoms with Crippen molar-refractivity contribution in [2.24, 2.45) is 0 Å². The molecule has 0 amide bonds. The molecule has 0 radical (unpaired) electrons. The van der Waals surface area contributed by atoms with E-state index < -0.39 is 0 Å². The lowest BCUT2D eigenvalue weighted by Crippen LogP contribution is -1.74. The first kappa shape index (κ1) is 14.1. The number of aromatic nitrogens is 1. The zero-order valence-corrected chi connectivity index (χ0v) is 11.4. The topological polar surface area (TPSA) is 12.9 Å². The maximum Gasteiger partial charge on any atom is 0.0907 e. The smallest absolute Gasteiger partial charge is 0.0907 e. The van der Waals surface area contributed by atoms with E-state index in [4.69, 9.17) is 0 Å². The van der Waals surface area contributed by atoms with E-state index in [9.17, 15) is 0 Å². The molecule has 2 aromatic rings. The summed E-state index contributed by atoms with van der Waals surface area (Å²) >= 11 is 1.76. The third-order valence-corrected chi connectivity index (χ3v) is 2.66. The molecule has 1 heterocycles. The number of hydrogen-bond acceptors (Lipinski definition) is 2. The summed E-state index contributed by atoms with van der Waals surface area (Å²) in [6, 6.07) is 6.30. The maximum atomic E-state index is 4.43. The highest BCUT2D eigenvalue weighted by molar-refractivity contribution is 7.18. The van der Waals surface area contributed by atoms with E-state index in [2.05, 4.69) is 30.1 Å². The van der Waals surface area contributed by atoms with Crippen LogP contribution in [-0.2, 0) is 0 Å². The Labute approximate surface area is 97.2 Å². The number of para-hydroxylation sites is 1. The van der Waals surface area contributed by atoms with Gasteiger partial charge in [-0.2, -0.15) is 0 Å². The molecule has 0 bridgehead atoms. The van der Waals surface area contributed by atoms with E-state index in [1.807, 2.05) is 34.6 Å². The number of hydrogen-bond donors (Lipinski definition) is 0. The van der Waals surface area contributed by atoms with Crippen molar-refractivity contribution in [2.75, 3.05) is 0 Å². The molecule has 1 nitrogen and oxygen atoms in total. The molecule has 1 aromatic carbocycles. The summed E-state index contributed by atoms with van der Waals surface area (Å²) in [6.45, 7) is 12.1. The summed E-state index contributed by atoms with van der Waals surface area (Å²) in [5, 5.41) is 1.15. The van der Waals surface area contributed by atoms with Crippen LogP contribution in [0.4, 0.5) is 0 Å². The minimum Gasteiger partial charge on any atom is -0.241 e. The molecule has 0 aliphatic rings. The van der Waals surface area contributed by atoms with Gasteiger partial charge in [-0.15, -0.1) is 11.3 Å². The Balaban J connectivity index is 0.000000442. The van der Waals surface area contributed by atoms with Crippen molar-refractivity contribution in [2.45, 2.75) is 41.5 Å². The van der Waals surface area contributed by atoms with Crippen LogP contribution in [0.2, 0.25) is 0 Å². The van der Waals surface area contributed by atoms with Crippen molar-refractivity contribution in [3.8, 4) is 0 Å². The van der Waals surface area contributed by atoms with Gasteiger partial charge < -0.3 is 0 Å². The zero-order valence-electron chi connectivity index (χ0n) is 10.6. The Kier molecular flexibility index (Phi) is 6.97. The molecule has 2 rings (SSSR count). The van der Waals surface area contributed by atoms with Crippen LogP contribution in [0.1, 0.15) is 38.3 Å². The highest BCUT2D eigenvalue weighted by Gasteiger charge is 2.00. The van der Waals surface area contributed by atoms with E-state index in [-0.39, 0.29) is 0 Å². The van der Waals surface area contributed by atoms with Gasteiger partial charge in [0.2, 0.25) is 0 Å². The molecule has 0 atom stereocenters. The fourth-order valence-corrected chi connectivity index (χ4v) is 2.10. The summed E-state index contributed by atoms with van der Waals surface area (Å²) in [4.78, 5) is 4.43. The first-order chi connectivity index (χ1) is 7.27. The van der Waals surface area contributed by atoms with Crippen LogP contribution in [0, 0.1) is 13.8 Å². The van der Waals surface area contributed by atoms with Crippen LogP contribution in [0.25, 0.3) is 10.2 Å². The van der Waals surface area contributed by atoms with Crippen LogP contribution in [-0.4, -0.2) is 4.98 Å². The Morgan fingerprint density at radius 1 is 1.00 bits per heavy atom. The molecule has 0 aliphatic heterocycles. The van der Waals surface area contributed by atoms with Crippen LogP contribution >= 0.6 is 11.3 Å². The fraction of sp³-hybridized carbons (Fsp3) is 0.462. The molecule has 2 heteroatoms. The number of nitrogens with zero attached hydrogens (tertiary/aromatic N) is 1. The van der Waals surface area contributed by atoms with Gasteiger partial charge in [-0.05, 0) is 25.5 Å². The third kappa shape index (κ3) is 3.63. The minimum absolute atomic E-state index is 1.15. The highest BCUT2D eigenvalue weighted by atomic mass is 32.1. The number of rotatable bonds is 0. The molecule has 0 spiro atoms. The third-order valence-electron chi connectivity index (χ3n) is 1.73. The molecule has 0 N–H and O–H groups in total. The van der Waals surface area contributed by atoms with Crippen molar-refractivity contribution in [1.29, 1.82) is 0 Å². The van der Waals surface area contributed by atoms with Gasteiger partial charge in [-0.1, -0.05) is 39.8 Å². The second kappa shape index (κ2) is 7.41. The average molecular weight is 223 g/mol. The Morgan fingerprint density at radius 3 is 2.13 bits per heavy atom. The normalized spacial score (nSPS) is 8.67. The summed E-state index contributed by atoms with van der Waals surface area (Å²) in [6.07, 6.45) is 0. The van der Waals surface area contributed by atoms with Crippen molar-refractivity contribution in [3.05, 3.63) is 28.8 Å². The SMILES string of the molecule is CC.CC.Cc1nc2c(C)cccc2s1. The summed E-state index contributed by atoms with van der Waals surface area (Å²) in [5.41, 5.74) is 2.43. The van der Waals surface area contributed by atoms with Crippen LogP contribution < -0.4 is 0 Å². The predicted octanol–water partition coefficient (Wildman–Crippen LogP) is 4.97. The monoisotopic (exact) mass is 223 g/mol. The maximum absolute atomic E-state index is 4.43. The molecule has 1 aromatic heterocycles. The molecule has 0 fully saturated rings. The second-order valence-corrected chi connectivity index (χ2v) is 3.89. The minimum atomic E-state index is 1.15. The first-order valence-corrected chi connectivity index (χ1v) is 6.42. The zero-order chi connectivity index (χ0) is 11.8. The fourth-order valence-electron chi connectivity index (χ4n) is 1.20. The van der Waals surface area contributed by atoms with Gasteiger partial charge in [-0.3, -0.25) is 0 Å². The van der Waals surface area contributed by atoms with E-state index in [0.29, 0.717) is 0 Å². The van der Waals surface area contributed by atoms with Crippen molar-refractivity contribution >= 4 is 21.6 Å². The highest BCUT2D eigenvalue weighted by Crippen LogP contribution is 2.23. The molecule has 0 saturated carbocycles. The largest absolute Gasteiger partial charge is 0.241 e. The van der Waals surface area contributed by atoms with Gasteiger partial charge >= 0.3 is 0 Å². The van der Waals surface area contributed by atoms with Crippen LogP contribution in [0.15, 0.2) is 18.2 Å². The van der Waals surface area contributed by atoms with Gasteiger partial charge in [0.1, 0.15) is 0 Å². The van der Waals surface area contributed by atoms with Gasteiger partial charge in [0.25, 0.3) is 0 Å². The number of fused-ring (bicyclic) bond motifs is 1. The summed E-state index contributed by atoms with van der Waals surface area (Å²) in [7, 11) is 0.